The first-order valence-electron chi connectivity index (χ1n) is 4.12. The topological polar surface area (TPSA) is 55.0 Å². The molecule has 68 valence electrons. The van der Waals surface area contributed by atoms with Crippen LogP contribution in [0.1, 0.15) is 17.7 Å². The van der Waals surface area contributed by atoms with Crippen molar-refractivity contribution in [2.45, 2.75) is 12.8 Å². The fourth-order valence-corrected chi connectivity index (χ4v) is 1.46. The highest BCUT2D eigenvalue weighted by molar-refractivity contribution is 5.94. The van der Waals surface area contributed by atoms with Crippen molar-refractivity contribution in [3.8, 4) is 0 Å². The lowest BCUT2D eigenvalue weighted by Crippen LogP contribution is -2.09. The fourth-order valence-electron chi connectivity index (χ4n) is 1.46. The van der Waals surface area contributed by atoms with Crippen LogP contribution in [0.25, 0.3) is 6.08 Å². The van der Waals surface area contributed by atoms with Gasteiger partial charge in [-0.15, -0.1) is 0 Å². The van der Waals surface area contributed by atoms with Gasteiger partial charge in [-0.3, -0.25) is 5.10 Å². The first-order valence-corrected chi connectivity index (χ1v) is 4.12. The van der Waals surface area contributed by atoms with Crippen LogP contribution < -0.4 is 0 Å². The number of nitrogens with zero attached hydrogens (tertiary/aromatic N) is 1. The molecular formula is C9H10N2O2. The maximum absolute atomic E-state index is 11.2. The molecule has 0 saturated carbocycles. The molecule has 1 aromatic heterocycles. The number of nitrogens with one attached hydrogen (secondary N) is 1. The summed E-state index contributed by atoms with van der Waals surface area (Å²) in [5.74, 6) is -0.244. The third kappa shape index (κ3) is 1.35. The van der Waals surface area contributed by atoms with Crippen LogP contribution in [0.5, 0.6) is 0 Å². The van der Waals surface area contributed by atoms with Gasteiger partial charge in [-0.25, -0.2) is 4.79 Å². The van der Waals surface area contributed by atoms with E-state index >= 15 is 0 Å². The molecule has 0 aromatic carbocycles. The van der Waals surface area contributed by atoms with Gasteiger partial charge in [0.05, 0.1) is 13.3 Å². The zero-order valence-corrected chi connectivity index (χ0v) is 7.33. The molecule has 1 N–H and O–H groups in total. The van der Waals surface area contributed by atoms with E-state index in [1.54, 1.807) is 6.20 Å². The van der Waals surface area contributed by atoms with Crippen molar-refractivity contribution >= 4 is 12.0 Å². The average molecular weight is 178 g/mol. The number of esters is 1. The number of aromatic amines is 1. The minimum Gasteiger partial charge on any atom is -0.466 e. The quantitative estimate of drug-likeness (QED) is 0.650. The molecule has 13 heavy (non-hydrogen) atoms. The van der Waals surface area contributed by atoms with Crippen molar-refractivity contribution < 1.29 is 9.53 Å². The van der Waals surface area contributed by atoms with Crippen LogP contribution in [-0.2, 0) is 16.0 Å². The van der Waals surface area contributed by atoms with Crippen LogP contribution in [0, 0.1) is 0 Å². The summed E-state index contributed by atoms with van der Waals surface area (Å²) in [4.78, 5) is 11.2. The van der Waals surface area contributed by atoms with Crippen molar-refractivity contribution in [1.82, 2.24) is 10.2 Å². The van der Waals surface area contributed by atoms with Crippen molar-refractivity contribution in [3.63, 3.8) is 0 Å². The zero-order valence-electron chi connectivity index (χ0n) is 7.33. The highest BCUT2D eigenvalue weighted by atomic mass is 16.5. The highest BCUT2D eigenvalue weighted by Gasteiger charge is 2.17. The van der Waals surface area contributed by atoms with E-state index in [1.807, 2.05) is 6.08 Å². The van der Waals surface area contributed by atoms with E-state index in [1.165, 1.54) is 7.11 Å². The summed E-state index contributed by atoms with van der Waals surface area (Å²) in [6.07, 6.45) is 5.10. The van der Waals surface area contributed by atoms with Gasteiger partial charge in [0, 0.05) is 16.8 Å². The monoisotopic (exact) mass is 178 g/mol. The molecule has 0 bridgehead atoms. The number of carbonyl (C=O) groups excluding carboxylic acids is 1. The minimum atomic E-state index is -0.244. The molecule has 1 aliphatic rings. The summed E-state index contributed by atoms with van der Waals surface area (Å²) in [5, 5.41) is 6.79. The summed E-state index contributed by atoms with van der Waals surface area (Å²) in [6.45, 7) is 0. The van der Waals surface area contributed by atoms with Crippen molar-refractivity contribution in [1.29, 1.82) is 0 Å². The van der Waals surface area contributed by atoms with Gasteiger partial charge < -0.3 is 4.74 Å². The average Bonchev–Trinajstić information content (AvgIpc) is 2.63. The molecule has 0 atom stereocenters. The highest BCUT2D eigenvalue weighted by Crippen LogP contribution is 2.22. The molecule has 2 rings (SSSR count). The number of fused-ring (bicyclic) bond motifs is 1. The number of aryl methyl sites for hydroxylation is 1. The molecule has 4 heteroatoms. The first-order chi connectivity index (χ1) is 6.31. The number of hydrogen-bond acceptors (Lipinski definition) is 3. The molecule has 0 saturated heterocycles. The van der Waals surface area contributed by atoms with Crippen LogP contribution >= 0.6 is 0 Å². The second-order valence-electron chi connectivity index (χ2n) is 2.97. The van der Waals surface area contributed by atoms with Crippen molar-refractivity contribution in [3.05, 3.63) is 23.0 Å². The lowest BCUT2D eigenvalue weighted by molar-refractivity contribution is -0.136. The molecule has 0 amide bonds. The van der Waals surface area contributed by atoms with Crippen LogP contribution in [-0.4, -0.2) is 23.3 Å². The van der Waals surface area contributed by atoms with Gasteiger partial charge in [0.2, 0.25) is 0 Å². The molecule has 1 aliphatic carbocycles. The molecule has 0 radical (unpaired) electrons. The van der Waals surface area contributed by atoms with Gasteiger partial charge in [-0.05, 0) is 18.9 Å². The van der Waals surface area contributed by atoms with Gasteiger partial charge in [0.15, 0.2) is 0 Å². The van der Waals surface area contributed by atoms with Crippen molar-refractivity contribution in [2.24, 2.45) is 0 Å². The molecule has 1 aromatic rings. The number of H-pyrrole nitrogens is 1. The molecular weight excluding hydrogens is 168 g/mol. The second-order valence-corrected chi connectivity index (χ2v) is 2.97. The Balaban J connectivity index is 2.32. The Morgan fingerprint density at radius 2 is 2.46 bits per heavy atom. The normalized spacial score (nSPS) is 14.7. The SMILES string of the molecule is COC(=O)C1=Cc2cn[nH]c2CC1. The lowest BCUT2D eigenvalue weighted by atomic mass is 9.98. The van der Waals surface area contributed by atoms with Gasteiger partial charge in [-0.2, -0.15) is 5.10 Å². The second kappa shape index (κ2) is 3.05. The van der Waals surface area contributed by atoms with Crippen LogP contribution in [0.15, 0.2) is 11.8 Å². The summed E-state index contributed by atoms with van der Waals surface area (Å²) >= 11 is 0. The van der Waals surface area contributed by atoms with Crippen LogP contribution in [0.3, 0.4) is 0 Å². The minimum absolute atomic E-state index is 0.244. The summed E-state index contributed by atoms with van der Waals surface area (Å²) in [7, 11) is 1.40. The number of hydrogen-bond donors (Lipinski definition) is 1. The molecule has 4 nitrogen and oxygen atoms in total. The third-order valence-corrected chi connectivity index (χ3v) is 2.17. The zero-order chi connectivity index (χ0) is 9.26. The molecule has 0 spiro atoms. The first kappa shape index (κ1) is 8.04. The van der Waals surface area contributed by atoms with Gasteiger partial charge in [-0.1, -0.05) is 0 Å². The lowest BCUT2D eigenvalue weighted by Gasteiger charge is -2.09. The van der Waals surface area contributed by atoms with E-state index in [2.05, 4.69) is 14.9 Å². The number of ether oxygens (including phenoxy) is 1. The van der Waals surface area contributed by atoms with Gasteiger partial charge >= 0.3 is 5.97 Å². The summed E-state index contributed by atoms with van der Waals surface area (Å²) < 4.78 is 4.64. The molecule has 1 heterocycles. The van der Waals surface area contributed by atoms with E-state index in [4.69, 9.17) is 0 Å². The molecule has 0 aliphatic heterocycles. The Bertz CT molecular complexity index is 365. The Morgan fingerprint density at radius 1 is 1.62 bits per heavy atom. The Hall–Kier alpha value is -1.58. The number of methoxy groups -OCH3 is 1. The Morgan fingerprint density at radius 3 is 3.23 bits per heavy atom. The largest absolute Gasteiger partial charge is 0.466 e. The van der Waals surface area contributed by atoms with E-state index in [0.29, 0.717) is 0 Å². The Labute approximate surface area is 75.6 Å². The maximum Gasteiger partial charge on any atom is 0.333 e. The number of rotatable bonds is 1. The van der Waals surface area contributed by atoms with Crippen molar-refractivity contribution in [2.75, 3.05) is 7.11 Å². The van der Waals surface area contributed by atoms with E-state index in [0.717, 1.165) is 29.7 Å². The summed E-state index contributed by atoms with van der Waals surface area (Å²) in [6, 6.07) is 0. The predicted molar refractivity (Wildman–Crippen MR) is 46.9 cm³/mol. The fraction of sp³-hybridized carbons (Fsp3) is 0.333. The smallest absolute Gasteiger partial charge is 0.333 e. The number of carbonyl (C=O) groups is 1. The Kier molecular flexibility index (Phi) is 1.88. The van der Waals surface area contributed by atoms with E-state index in [-0.39, 0.29) is 5.97 Å². The van der Waals surface area contributed by atoms with E-state index in [9.17, 15) is 4.79 Å². The maximum atomic E-state index is 11.2. The van der Waals surface area contributed by atoms with Crippen LogP contribution in [0.2, 0.25) is 0 Å². The summed E-state index contributed by atoms with van der Waals surface area (Å²) in [5.41, 5.74) is 2.80. The third-order valence-electron chi connectivity index (χ3n) is 2.17. The predicted octanol–water partition coefficient (Wildman–Crippen LogP) is 0.912. The molecule has 0 fully saturated rings. The van der Waals surface area contributed by atoms with Crippen LogP contribution in [0.4, 0.5) is 0 Å². The standard InChI is InChI=1S/C9H10N2O2/c1-13-9(12)6-2-3-8-7(4-6)5-10-11-8/h4-5H,2-3H2,1H3,(H,10,11). The van der Waals surface area contributed by atoms with E-state index < -0.39 is 0 Å². The molecule has 0 unspecified atom stereocenters. The number of aromatic nitrogens is 2. The van der Waals surface area contributed by atoms with Gasteiger partial charge in [0.1, 0.15) is 0 Å². The van der Waals surface area contributed by atoms with Gasteiger partial charge in [0.25, 0.3) is 0 Å².